The zero-order valence-electron chi connectivity index (χ0n) is 10.7. The summed E-state index contributed by atoms with van der Waals surface area (Å²) in [5.41, 5.74) is 3.18. The van der Waals surface area contributed by atoms with Crippen molar-refractivity contribution in [1.29, 1.82) is 0 Å². The summed E-state index contributed by atoms with van der Waals surface area (Å²) in [4.78, 5) is 27.9. The van der Waals surface area contributed by atoms with E-state index >= 15 is 0 Å². The van der Waals surface area contributed by atoms with Gasteiger partial charge in [-0.1, -0.05) is 30.3 Å². The van der Waals surface area contributed by atoms with Crippen molar-refractivity contribution in [2.75, 3.05) is 6.54 Å². The average Bonchev–Trinajstić information content (AvgIpc) is 3.00. The van der Waals surface area contributed by atoms with Gasteiger partial charge >= 0.3 is 0 Å². The Hall–Kier alpha value is -2.60. The molecule has 0 aliphatic heterocycles. The van der Waals surface area contributed by atoms with Gasteiger partial charge in [0, 0.05) is 0 Å². The Balaban J connectivity index is 1.65. The highest BCUT2D eigenvalue weighted by molar-refractivity contribution is 5.93. The topological polar surface area (TPSA) is 80.6 Å². The Labute approximate surface area is 115 Å². The van der Waals surface area contributed by atoms with Crippen LogP contribution in [0.5, 0.6) is 0 Å². The number of benzene rings is 1. The molecule has 0 aliphatic rings. The van der Waals surface area contributed by atoms with Crippen molar-refractivity contribution in [3.8, 4) is 0 Å². The number of carbonyl (C=O) groups is 2. The minimum absolute atomic E-state index is 0.156. The van der Waals surface area contributed by atoms with E-state index in [2.05, 4.69) is 10.8 Å². The second kappa shape index (κ2) is 7.10. The number of rotatable bonds is 6. The van der Waals surface area contributed by atoms with Gasteiger partial charge in [-0.15, -0.1) is 0 Å². The van der Waals surface area contributed by atoms with Crippen molar-refractivity contribution in [3.63, 3.8) is 0 Å². The molecule has 1 aromatic carbocycles. The van der Waals surface area contributed by atoms with Crippen LogP contribution in [-0.4, -0.2) is 18.4 Å². The third kappa shape index (κ3) is 4.25. The van der Waals surface area contributed by atoms with Crippen molar-refractivity contribution < 1.29 is 18.8 Å². The van der Waals surface area contributed by atoms with Gasteiger partial charge in [0.25, 0.3) is 11.8 Å². The summed E-state index contributed by atoms with van der Waals surface area (Å²) in [5, 5.41) is 2.41. The number of nitrogens with one attached hydrogen (secondary N) is 2. The van der Waals surface area contributed by atoms with Crippen LogP contribution in [0.15, 0.2) is 53.1 Å². The first-order valence-corrected chi connectivity index (χ1v) is 6.02. The maximum Gasteiger partial charge on any atom is 0.287 e. The molecular weight excluding hydrogens is 260 g/mol. The Morgan fingerprint density at radius 2 is 1.90 bits per heavy atom. The van der Waals surface area contributed by atoms with E-state index in [0.29, 0.717) is 0 Å². The highest BCUT2D eigenvalue weighted by atomic mass is 16.6. The Morgan fingerprint density at radius 3 is 2.60 bits per heavy atom. The molecule has 0 radical (unpaired) electrons. The van der Waals surface area contributed by atoms with E-state index in [0.717, 1.165) is 5.56 Å². The zero-order valence-corrected chi connectivity index (χ0v) is 10.7. The summed E-state index contributed by atoms with van der Waals surface area (Å²) >= 11 is 0. The molecule has 0 unspecified atom stereocenters. The van der Waals surface area contributed by atoms with Crippen LogP contribution in [0.3, 0.4) is 0 Å². The van der Waals surface area contributed by atoms with E-state index in [4.69, 9.17) is 9.25 Å². The highest BCUT2D eigenvalue weighted by Gasteiger charge is 2.09. The fourth-order valence-electron chi connectivity index (χ4n) is 1.47. The molecule has 0 spiro atoms. The van der Waals surface area contributed by atoms with Crippen LogP contribution in [0.1, 0.15) is 16.1 Å². The van der Waals surface area contributed by atoms with Gasteiger partial charge in [-0.25, -0.2) is 5.48 Å². The number of amides is 2. The van der Waals surface area contributed by atoms with E-state index in [-0.39, 0.29) is 18.9 Å². The lowest BCUT2D eigenvalue weighted by atomic mass is 10.2. The second-order valence-corrected chi connectivity index (χ2v) is 3.96. The third-order valence-electron chi connectivity index (χ3n) is 2.42. The minimum atomic E-state index is -0.451. The van der Waals surface area contributed by atoms with Gasteiger partial charge in [0.15, 0.2) is 5.76 Å². The number of hydroxylamine groups is 1. The van der Waals surface area contributed by atoms with Crippen molar-refractivity contribution in [3.05, 3.63) is 60.1 Å². The lowest BCUT2D eigenvalue weighted by Crippen LogP contribution is -2.36. The molecule has 104 valence electrons. The van der Waals surface area contributed by atoms with Crippen molar-refractivity contribution in [2.45, 2.75) is 6.61 Å². The maximum absolute atomic E-state index is 11.5. The van der Waals surface area contributed by atoms with Crippen LogP contribution in [0, 0.1) is 0 Å². The van der Waals surface area contributed by atoms with E-state index in [1.807, 2.05) is 30.3 Å². The van der Waals surface area contributed by atoms with Gasteiger partial charge in [0.1, 0.15) is 0 Å². The van der Waals surface area contributed by atoms with Crippen LogP contribution in [0.25, 0.3) is 0 Å². The average molecular weight is 274 g/mol. The molecule has 6 heteroatoms. The minimum Gasteiger partial charge on any atom is -0.459 e. The summed E-state index contributed by atoms with van der Waals surface area (Å²) in [6.07, 6.45) is 1.39. The molecule has 2 rings (SSSR count). The molecule has 6 nitrogen and oxygen atoms in total. The van der Waals surface area contributed by atoms with Crippen LogP contribution < -0.4 is 10.8 Å². The lowest BCUT2D eigenvalue weighted by molar-refractivity contribution is -0.133. The third-order valence-corrected chi connectivity index (χ3v) is 2.42. The summed E-state index contributed by atoms with van der Waals surface area (Å²) < 4.78 is 4.89. The standard InChI is InChI=1S/C14H14N2O4/c17-13(9-15-14(18)12-7-4-8-19-12)16-20-10-11-5-2-1-3-6-11/h1-8H,9-10H2,(H,15,18)(H,16,17). The summed E-state index contributed by atoms with van der Waals surface area (Å²) in [6.45, 7) is 0.0764. The Kier molecular flexibility index (Phi) is 4.91. The van der Waals surface area contributed by atoms with Gasteiger partial charge in [-0.2, -0.15) is 0 Å². The van der Waals surface area contributed by atoms with Crippen molar-refractivity contribution in [2.24, 2.45) is 0 Å². The van der Waals surface area contributed by atoms with E-state index in [9.17, 15) is 9.59 Å². The molecular formula is C14H14N2O4. The smallest absolute Gasteiger partial charge is 0.287 e. The fraction of sp³-hybridized carbons (Fsp3) is 0.143. The second-order valence-electron chi connectivity index (χ2n) is 3.96. The zero-order chi connectivity index (χ0) is 14.2. The molecule has 0 saturated heterocycles. The first kappa shape index (κ1) is 13.8. The van der Waals surface area contributed by atoms with Gasteiger partial charge in [0.2, 0.25) is 0 Å². The predicted molar refractivity (Wildman–Crippen MR) is 70.4 cm³/mol. The molecule has 0 saturated carbocycles. The van der Waals surface area contributed by atoms with Crippen LogP contribution >= 0.6 is 0 Å². The van der Waals surface area contributed by atoms with E-state index in [1.165, 1.54) is 12.3 Å². The summed E-state index contributed by atoms with van der Waals surface area (Å²) in [5.74, 6) is -0.739. The van der Waals surface area contributed by atoms with Crippen LogP contribution in [-0.2, 0) is 16.2 Å². The normalized spacial score (nSPS) is 10.0. The molecule has 2 N–H and O–H groups in total. The highest BCUT2D eigenvalue weighted by Crippen LogP contribution is 1.99. The molecule has 0 fully saturated rings. The molecule has 2 aromatic rings. The lowest BCUT2D eigenvalue weighted by Gasteiger charge is -2.06. The van der Waals surface area contributed by atoms with Gasteiger partial charge in [-0.3, -0.25) is 14.4 Å². The summed E-state index contributed by atoms with van der Waals surface area (Å²) in [6, 6.07) is 12.5. The van der Waals surface area contributed by atoms with Crippen LogP contribution in [0.4, 0.5) is 0 Å². The molecule has 0 aliphatic carbocycles. The van der Waals surface area contributed by atoms with E-state index in [1.54, 1.807) is 6.07 Å². The number of hydrogen-bond donors (Lipinski definition) is 2. The van der Waals surface area contributed by atoms with Crippen molar-refractivity contribution in [1.82, 2.24) is 10.8 Å². The predicted octanol–water partition coefficient (Wildman–Crippen LogP) is 1.26. The largest absolute Gasteiger partial charge is 0.459 e. The monoisotopic (exact) mass is 274 g/mol. The molecule has 0 atom stereocenters. The SMILES string of the molecule is O=C(CNC(=O)c1ccco1)NOCc1ccccc1. The number of carbonyl (C=O) groups excluding carboxylic acids is 2. The van der Waals surface area contributed by atoms with Crippen molar-refractivity contribution >= 4 is 11.8 Å². The van der Waals surface area contributed by atoms with Gasteiger partial charge in [-0.05, 0) is 17.7 Å². The quantitative estimate of drug-likeness (QED) is 0.777. The number of hydrogen-bond acceptors (Lipinski definition) is 4. The van der Waals surface area contributed by atoms with Gasteiger partial charge < -0.3 is 9.73 Å². The first-order chi connectivity index (χ1) is 9.75. The van der Waals surface area contributed by atoms with Gasteiger partial charge in [0.05, 0.1) is 19.4 Å². The Bertz CT molecular complexity index is 552. The fourth-order valence-corrected chi connectivity index (χ4v) is 1.47. The molecule has 2 amide bonds. The van der Waals surface area contributed by atoms with Crippen LogP contribution in [0.2, 0.25) is 0 Å². The summed E-state index contributed by atoms with van der Waals surface area (Å²) in [7, 11) is 0. The maximum atomic E-state index is 11.5. The molecule has 1 heterocycles. The molecule has 20 heavy (non-hydrogen) atoms. The Morgan fingerprint density at radius 1 is 1.10 bits per heavy atom. The molecule has 1 aromatic heterocycles. The van der Waals surface area contributed by atoms with E-state index < -0.39 is 11.8 Å². The number of furan rings is 1. The molecule has 0 bridgehead atoms. The first-order valence-electron chi connectivity index (χ1n) is 6.02.